The van der Waals surface area contributed by atoms with E-state index in [9.17, 15) is 0 Å². The second-order valence-corrected chi connectivity index (χ2v) is 3.17. The van der Waals surface area contributed by atoms with Crippen LogP contribution in [0.15, 0.2) is 11.6 Å². The van der Waals surface area contributed by atoms with Crippen molar-refractivity contribution < 1.29 is 0 Å². The van der Waals surface area contributed by atoms with Crippen molar-refractivity contribution in [3.63, 3.8) is 0 Å². The molecule has 0 spiro atoms. The molecule has 0 aromatic carbocycles. The van der Waals surface area contributed by atoms with Crippen molar-refractivity contribution in [2.45, 2.75) is 13.3 Å². The quantitative estimate of drug-likeness (QED) is 0.747. The van der Waals surface area contributed by atoms with Gasteiger partial charge in [-0.3, -0.25) is 0 Å². The summed E-state index contributed by atoms with van der Waals surface area (Å²) < 4.78 is 0. The third kappa shape index (κ3) is 2.44. The predicted octanol–water partition coefficient (Wildman–Crippen LogP) is 1.81. The van der Waals surface area contributed by atoms with Gasteiger partial charge in [0.25, 0.3) is 0 Å². The third-order valence-electron chi connectivity index (χ3n) is 1.39. The Balaban J connectivity index is 2.56. The largest absolute Gasteiger partial charge is 0.330 e. The summed E-state index contributed by atoms with van der Waals surface area (Å²) in [6, 6.07) is 0. The van der Waals surface area contributed by atoms with Crippen LogP contribution in [-0.2, 0) is 0 Å². The highest BCUT2D eigenvalue weighted by Gasteiger charge is 1.93. The maximum absolute atomic E-state index is 5.34. The van der Waals surface area contributed by atoms with Gasteiger partial charge in [-0.05, 0) is 26.0 Å². The molecule has 0 unspecified atom stereocenters. The number of nitrogens with zero attached hydrogens (tertiary/aromatic N) is 1. The Kier molecular flexibility index (Phi) is 3.26. The molecule has 3 heteroatoms. The van der Waals surface area contributed by atoms with Crippen molar-refractivity contribution >= 4 is 17.4 Å². The molecule has 0 aliphatic carbocycles. The fourth-order valence-corrected chi connectivity index (χ4v) is 1.48. The molecule has 0 radical (unpaired) electrons. The Labute approximate surface area is 70.8 Å². The number of thiazole rings is 1. The number of rotatable bonds is 3. The van der Waals surface area contributed by atoms with Crippen molar-refractivity contribution in [2.24, 2.45) is 5.73 Å². The average molecular weight is 168 g/mol. The molecule has 0 amide bonds. The maximum atomic E-state index is 5.34. The van der Waals surface area contributed by atoms with Crippen molar-refractivity contribution in [1.82, 2.24) is 4.98 Å². The molecular formula is C8H12N2S. The fourth-order valence-electron chi connectivity index (χ4n) is 0.758. The first kappa shape index (κ1) is 8.43. The summed E-state index contributed by atoms with van der Waals surface area (Å²) in [5, 5.41) is 0. The Morgan fingerprint density at radius 1 is 1.73 bits per heavy atom. The molecule has 0 saturated carbocycles. The molecule has 2 N–H and O–H groups in total. The minimum absolute atomic E-state index is 0.717. The highest BCUT2D eigenvalue weighted by atomic mass is 32.1. The maximum Gasteiger partial charge on any atom is 0.0801 e. The summed E-state index contributed by atoms with van der Waals surface area (Å²) in [6.07, 6.45) is 5.11. The Hall–Kier alpha value is -0.670. The second kappa shape index (κ2) is 4.26. The summed E-state index contributed by atoms with van der Waals surface area (Å²) in [7, 11) is 0. The van der Waals surface area contributed by atoms with Crippen LogP contribution in [0.4, 0.5) is 0 Å². The monoisotopic (exact) mass is 168 g/mol. The van der Waals surface area contributed by atoms with Gasteiger partial charge in [-0.2, -0.15) is 0 Å². The fraction of sp³-hybridized carbons (Fsp3) is 0.375. The van der Waals surface area contributed by atoms with E-state index in [0.717, 1.165) is 12.1 Å². The average Bonchev–Trinajstić information content (AvgIpc) is 2.37. The molecule has 1 aromatic heterocycles. The van der Waals surface area contributed by atoms with E-state index in [1.165, 1.54) is 4.88 Å². The van der Waals surface area contributed by atoms with E-state index >= 15 is 0 Å². The van der Waals surface area contributed by atoms with Gasteiger partial charge in [0.15, 0.2) is 0 Å². The van der Waals surface area contributed by atoms with Crippen LogP contribution >= 0.6 is 11.3 Å². The number of aryl methyl sites for hydroxylation is 1. The van der Waals surface area contributed by atoms with Gasteiger partial charge in [0, 0.05) is 4.88 Å². The van der Waals surface area contributed by atoms with Crippen LogP contribution in [0.1, 0.15) is 17.0 Å². The Morgan fingerprint density at radius 3 is 3.09 bits per heavy atom. The first-order chi connectivity index (χ1) is 5.34. The highest BCUT2D eigenvalue weighted by Crippen LogP contribution is 2.13. The smallest absolute Gasteiger partial charge is 0.0801 e. The van der Waals surface area contributed by atoms with Gasteiger partial charge in [-0.1, -0.05) is 6.08 Å². The van der Waals surface area contributed by atoms with Gasteiger partial charge in [-0.25, -0.2) is 4.98 Å². The minimum Gasteiger partial charge on any atom is -0.330 e. The number of hydrogen-bond donors (Lipinski definition) is 1. The normalized spacial score (nSPS) is 11.1. The molecule has 1 heterocycles. The highest BCUT2D eigenvalue weighted by molar-refractivity contribution is 7.10. The van der Waals surface area contributed by atoms with Crippen LogP contribution in [0.2, 0.25) is 0 Å². The van der Waals surface area contributed by atoms with Gasteiger partial charge in [0.1, 0.15) is 0 Å². The van der Waals surface area contributed by atoms with Gasteiger partial charge < -0.3 is 5.73 Å². The molecule has 0 aliphatic rings. The Bertz CT molecular complexity index is 240. The molecule has 2 nitrogen and oxygen atoms in total. The van der Waals surface area contributed by atoms with E-state index in [1.54, 1.807) is 11.3 Å². The van der Waals surface area contributed by atoms with Crippen LogP contribution in [0.5, 0.6) is 0 Å². The zero-order valence-electron chi connectivity index (χ0n) is 6.58. The molecule has 0 saturated heterocycles. The van der Waals surface area contributed by atoms with E-state index in [4.69, 9.17) is 5.73 Å². The van der Waals surface area contributed by atoms with E-state index in [-0.39, 0.29) is 0 Å². The lowest BCUT2D eigenvalue weighted by atomic mass is 10.3. The topological polar surface area (TPSA) is 38.9 Å². The number of aromatic nitrogens is 1. The summed E-state index contributed by atoms with van der Waals surface area (Å²) in [5.74, 6) is 0. The zero-order chi connectivity index (χ0) is 8.10. The lowest BCUT2D eigenvalue weighted by Gasteiger charge is -1.86. The second-order valence-electron chi connectivity index (χ2n) is 2.28. The lowest BCUT2D eigenvalue weighted by Crippen LogP contribution is -1.94. The molecule has 11 heavy (non-hydrogen) atoms. The molecule has 0 aliphatic heterocycles. The van der Waals surface area contributed by atoms with Crippen LogP contribution < -0.4 is 5.73 Å². The molecule has 0 atom stereocenters. The van der Waals surface area contributed by atoms with Crippen LogP contribution in [-0.4, -0.2) is 11.5 Å². The minimum atomic E-state index is 0.717. The summed E-state index contributed by atoms with van der Waals surface area (Å²) in [4.78, 5) is 5.37. The van der Waals surface area contributed by atoms with Gasteiger partial charge in [0.05, 0.1) is 11.2 Å². The van der Waals surface area contributed by atoms with Crippen LogP contribution in [0.3, 0.4) is 0 Å². The third-order valence-corrected chi connectivity index (χ3v) is 2.28. The molecule has 0 bridgehead atoms. The molecular weight excluding hydrogens is 156 g/mol. The summed E-state index contributed by atoms with van der Waals surface area (Å²) in [6.45, 7) is 2.73. The van der Waals surface area contributed by atoms with E-state index in [0.29, 0.717) is 6.54 Å². The van der Waals surface area contributed by atoms with Crippen LogP contribution in [0.25, 0.3) is 6.08 Å². The zero-order valence-corrected chi connectivity index (χ0v) is 7.40. The van der Waals surface area contributed by atoms with E-state index < -0.39 is 0 Å². The summed E-state index contributed by atoms with van der Waals surface area (Å²) >= 11 is 1.66. The molecule has 60 valence electrons. The first-order valence-electron chi connectivity index (χ1n) is 3.61. The SMILES string of the molecule is Cc1ncsc1C=CCCN. The van der Waals surface area contributed by atoms with E-state index in [2.05, 4.69) is 17.1 Å². The molecule has 0 fully saturated rings. The number of nitrogens with two attached hydrogens (primary N) is 1. The van der Waals surface area contributed by atoms with Gasteiger partial charge in [-0.15, -0.1) is 11.3 Å². The van der Waals surface area contributed by atoms with Gasteiger partial charge in [0.2, 0.25) is 0 Å². The van der Waals surface area contributed by atoms with Crippen molar-refractivity contribution in [1.29, 1.82) is 0 Å². The van der Waals surface area contributed by atoms with Crippen molar-refractivity contribution in [3.8, 4) is 0 Å². The lowest BCUT2D eigenvalue weighted by molar-refractivity contribution is 1.01. The van der Waals surface area contributed by atoms with Crippen molar-refractivity contribution in [3.05, 3.63) is 22.2 Å². The first-order valence-corrected chi connectivity index (χ1v) is 4.49. The van der Waals surface area contributed by atoms with Gasteiger partial charge >= 0.3 is 0 Å². The standard InChI is InChI=1S/C8H12N2S/c1-7-8(11-6-10-7)4-2-3-5-9/h2,4,6H,3,5,9H2,1H3. The molecule has 1 aromatic rings. The van der Waals surface area contributed by atoms with Crippen molar-refractivity contribution in [2.75, 3.05) is 6.54 Å². The molecule has 1 rings (SSSR count). The van der Waals surface area contributed by atoms with Crippen LogP contribution in [0, 0.1) is 6.92 Å². The van der Waals surface area contributed by atoms with E-state index in [1.807, 2.05) is 12.4 Å². The summed E-state index contributed by atoms with van der Waals surface area (Å²) in [5.41, 5.74) is 8.30. The Morgan fingerprint density at radius 2 is 2.55 bits per heavy atom. The predicted molar refractivity (Wildman–Crippen MR) is 49.6 cm³/mol. The number of hydrogen-bond acceptors (Lipinski definition) is 3.